The number of nitrogens with one attached hydrogen (secondary N) is 1. The van der Waals surface area contributed by atoms with Crippen LogP contribution >= 0.6 is 23.1 Å². The molecule has 0 saturated heterocycles. The van der Waals surface area contributed by atoms with Crippen molar-refractivity contribution in [1.82, 2.24) is 15.1 Å². The number of thioether (sulfide) groups is 1. The van der Waals surface area contributed by atoms with E-state index < -0.39 is 11.7 Å². The van der Waals surface area contributed by atoms with E-state index >= 15 is 0 Å². The van der Waals surface area contributed by atoms with Crippen LogP contribution in [0.2, 0.25) is 0 Å². The number of hydrogen-bond donors (Lipinski definition) is 1. The van der Waals surface area contributed by atoms with Crippen LogP contribution in [0.3, 0.4) is 0 Å². The molecular formula is C16H13F3N4O2S2. The van der Waals surface area contributed by atoms with Gasteiger partial charge in [-0.3, -0.25) is 4.79 Å². The van der Waals surface area contributed by atoms with Crippen LogP contribution in [0.15, 0.2) is 34.2 Å². The summed E-state index contributed by atoms with van der Waals surface area (Å²) in [6.07, 6.45) is -4.42. The monoisotopic (exact) mass is 414 g/mol. The molecule has 3 aromatic rings. The minimum Gasteiger partial charge on any atom is -0.340 e. The van der Waals surface area contributed by atoms with Gasteiger partial charge in [0.25, 0.3) is 0 Å². The molecule has 27 heavy (non-hydrogen) atoms. The van der Waals surface area contributed by atoms with Gasteiger partial charge in [-0.2, -0.15) is 18.2 Å². The predicted molar refractivity (Wildman–Crippen MR) is 96.4 cm³/mol. The topological polar surface area (TPSA) is 80.9 Å². The number of aromatic nitrogens is 3. The molecular weight excluding hydrogens is 401 g/mol. The van der Waals surface area contributed by atoms with Crippen LogP contribution in [0.4, 0.5) is 18.3 Å². The first-order chi connectivity index (χ1) is 12.8. The van der Waals surface area contributed by atoms with Crippen molar-refractivity contribution in [3.8, 4) is 11.3 Å². The number of anilines is 1. The zero-order chi connectivity index (χ0) is 19.4. The number of amides is 1. The number of carbonyl (C=O) groups is 1. The first kappa shape index (κ1) is 19.4. The predicted octanol–water partition coefficient (Wildman–Crippen LogP) is 4.39. The summed E-state index contributed by atoms with van der Waals surface area (Å²) in [6, 6.07) is 4.90. The highest BCUT2D eigenvalue weighted by Gasteiger charge is 2.30. The SMILES string of the molecule is Cc1nc(CSCC(=O)Nc2nc(-c3cccc(C(F)(F)F)c3)cs2)no1. The Kier molecular flexibility index (Phi) is 5.80. The second kappa shape index (κ2) is 8.09. The standard InChI is InChI=1S/C16H13F3N4O2S2/c1-9-20-13(23-25-9)7-26-8-14(24)22-15-21-12(6-27-15)10-3-2-4-11(5-10)16(17,18)19/h2-6H,7-8H2,1H3,(H,21,22,24). The Hall–Kier alpha value is -2.40. The Bertz CT molecular complexity index is 940. The van der Waals surface area contributed by atoms with Crippen molar-refractivity contribution in [3.63, 3.8) is 0 Å². The van der Waals surface area contributed by atoms with E-state index in [9.17, 15) is 18.0 Å². The highest BCUT2D eigenvalue weighted by atomic mass is 32.2. The molecule has 0 aliphatic rings. The third-order valence-corrected chi connectivity index (χ3v) is 4.96. The minimum atomic E-state index is -4.42. The molecule has 1 N–H and O–H groups in total. The summed E-state index contributed by atoms with van der Waals surface area (Å²) < 4.78 is 43.3. The summed E-state index contributed by atoms with van der Waals surface area (Å²) >= 11 is 2.46. The highest BCUT2D eigenvalue weighted by Crippen LogP contribution is 2.33. The first-order valence-electron chi connectivity index (χ1n) is 7.61. The Morgan fingerprint density at radius 1 is 1.33 bits per heavy atom. The van der Waals surface area contributed by atoms with Crippen molar-refractivity contribution in [2.75, 3.05) is 11.1 Å². The number of alkyl halides is 3. The fourth-order valence-corrected chi connectivity index (χ4v) is 3.50. The molecule has 1 aromatic carbocycles. The lowest BCUT2D eigenvalue weighted by Gasteiger charge is -2.07. The van der Waals surface area contributed by atoms with Crippen LogP contribution in [0.25, 0.3) is 11.3 Å². The maximum atomic E-state index is 12.8. The fourth-order valence-electron chi connectivity index (χ4n) is 2.11. The number of nitrogens with zero attached hydrogens (tertiary/aromatic N) is 3. The summed E-state index contributed by atoms with van der Waals surface area (Å²) in [5, 5.41) is 8.28. The molecule has 0 aliphatic carbocycles. The number of hydrogen-bond acceptors (Lipinski definition) is 7. The lowest BCUT2D eigenvalue weighted by atomic mass is 10.1. The third-order valence-electron chi connectivity index (χ3n) is 3.27. The average Bonchev–Trinajstić information content (AvgIpc) is 3.23. The quantitative estimate of drug-likeness (QED) is 0.644. The molecule has 3 rings (SSSR count). The molecule has 0 atom stereocenters. The first-order valence-corrected chi connectivity index (χ1v) is 9.64. The molecule has 0 fully saturated rings. The average molecular weight is 414 g/mol. The fraction of sp³-hybridized carbons (Fsp3) is 0.250. The van der Waals surface area contributed by atoms with Gasteiger partial charge in [-0.05, 0) is 12.1 Å². The smallest absolute Gasteiger partial charge is 0.340 e. The number of carbonyl (C=O) groups excluding carboxylic acids is 1. The largest absolute Gasteiger partial charge is 0.416 e. The maximum absolute atomic E-state index is 12.8. The van der Waals surface area contributed by atoms with E-state index in [1.165, 1.54) is 17.8 Å². The number of thiazole rings is 1. The molecule has 142 valence electrons. The van der Waals surface area contributed by atoms with Crippen molar-refractivity contribution in [1.29, 1.82) is 0 Å². The molecule has 2 heterocycles. The van der Waals surface area contributed by atoms with Gasteiger partial charge in [0.2, 0.25) is 11.8 Å². The van der Waals surface area contributed by atoms with E-state index in [-0.39, 0.29) is 11.7 Å². The van der Waals surface area contributed by atoms with Crippen LogP contribution in [-0.2, 0) is 16.7 Å². The second-order valence-electron chi connectivity index (χ2n) is 5.39. The number of benzene rings is 1. The van der Waals surface area contributed by atoms with E-state index in [1.807, 2.05) is 0 Å². The molecule has 11 heteroatoms. The number of aryl methyl sites for hydroxylation is 1. The van der Waals surface area contributed by atoms with Crippen LogP contribution < -0.4 is 5.32 Å². The summed E-state index contributed by atoms with van der Waals surface area (Å²) in [6.45, 7) is 1.68. The van der Waals surface area contributed by atoms with Gasteiger partial charge in [0, 0.05) is 17.9 Å². The Labute approximate surface area is 160 Å². The molecule has 0 saturated carbocycles. The van der Waals surface area contributed by atoms with Gasteiger partial charge in [0.15, 0.2) is 11.0 Å². The minimum absolute atomic E-state index is 0.159. The second-order valence-corrected chi connectivity index (χ2v) is 7.23. The van der Waals surface area contributed by atoms with E-state index in [2.05, 4.69) is 20.4 Å². The summed E-state index contributed by atoms with van der Waals surface area (Å²) in [4.78, 5) is 20.2. The summed E-state index contributed by atoms with van der Waals surface area (Å²) in [5.74, 6) is 1.28. The van der Waals surface area contributed by atoms with Gasteiger partial charge in [0.05, 0.1) is 22.8 Å². The van der Waals surface area contributed by atoms with Crippen LogP contribution in [0, 0.1) is 6.92 Å². The van der Waals surface area contributed by atoms with E-state index in [1.54, 1.807) is 18.4 Å². The molecule has 0 spiro atoms. The van der Waals surface area contributed by atoms with Gasteiger partial charge in [-0.15, -0.1) is 23.1 Å². The van der Waals surface area contributed by atoms with E-state index in [4.69, 9.17) is 4.52 Å². The lowest BCUT2D eigenvalue weighted by molar-refractivity contribution is -0.137. The van der Waals surface area contributed by atoms with Gasteiger partial charge >= 0.3 is 6.18 Å². The zero-order valence-electron chi connectivity index (χ0n) is 13.9. The zero-order valence-corrected chi connectivity index (χ0v) is 15.5. The Morgan fingerprint density at radius 3 is 2.85 bits per heavy atom. The maximum Gasteiger partial charge on any atom is 0.416 e. The van der Waals surface area contributed by atoms with Crippen molar-refractivity contribution in [3.05, 3.63) is 46.9 Å². The number of rotatable bonds is 6. The Balaban J connectivity index is 1.57. The third kappa shape index (κ3) is 5.30. The van der Waals surface area contributed by atoms with Gasteiger partial charge < -0.3 is 9.84 Å². The van der Waals surface area contributed by atoms with Crippen molar-refractivity contribution >= 4 is 34.1 Å². The van der Waals surface area contributed by atoms with Gasteiger partial charge in [-0.1, -0.05) is 17.3 Å². The number of halogens is 3. The summed E-state index contributed by atoms with van der Waals surface area (Å²) in [5.41, 5.74) is -0.0357. The molecule has 1 amide bonds. The van der Waals surface area contributed by atoms with Gasteiger partial charge in [-0.25, -0.2) is 4.98 Å². The Morgan fingerprint density at radius 2 is 2.15 bits per heavy atom. The lowest BCUT2D eigenvalue weighted by Crippen LogP contribution is -2.14. The van der Waals surface area contributed by atoms with Crippen molar-refractivity contribution in [2.24, 2.45) is 0 Å². The van der Waals surface area contributed by atoms with E-state index in [0.717, 1.165) is 23.5 Å². The highest BCUT2D eigenvalue weighted by molar-refractivity contribution is 7.99. The molecule has 6 nitrogen and oxygen atoms in total. The van der Waals surface area contributed by atoms with Crippen LogP contribution in [0.1, 0.15) is 17.3 Å². The summed E-state index contributed by atoms with van der Waals surface area (Å²) in [7, 11) is 0. The van der Waals surface area contributed by atoms with Crippen molar-refractivity contribution < 1.29 is 22.5 Å². The van der Waals surface area contributed by atoms with E-state index in [0.29, 0.717) is 33.9 Å². The molecule has 0 aliphatic heterocycles. The molecule has 0 radical (unpaired) electrons. The molecule has 2 aromatic heterocycles. The van der Waals surface area contributed by atoms with Gasteiger partial charge in [0.1, 0.15) is 0 Å². The normalized spacial score (nSPS) is 11.6. The molecule has 0 unspecified atom stereocenters. The molecule has 0 bridgehead atoms. The van der Waals surface area contributed by atoms with Crippen LogP contribution in [-0.4, -0.2) is 26.8 Å². The van der Waals surface area contributed by atoms with Crippen molar-refractivity contribution in [2.45, 2.75) is 18.9 Å². The van der Waals surface area contributed by atoms with Crippen LogP contribution in [0.5, 0.6) is 0 Å².